The van der Waals surface area contributed by atoms with Gasteiger partial charge in [0.05, 0.1) is 11.3 Å². The fourth-order valence-corrected chi connectivity index (χ4v) is 2.75. The van der Waals surface area contributed by atoms with E-state index in [1.807, 2.05) is 32.0 Å². The summed E-state index contributed by atoms with van der Waals surface area (Å²) in [7, 11) is 0. The lowest BCUT2D eigenvalue weighted by molar-refractivity contribution is 0.111. The van der Waals surface area contributed by atoms with E-state index >= 15 is 0 Å². The Balaban J connectivity index is 2.17. The van der Waals surface area contributed by atoms with Crippen molar-refractivity contribution in [3.05, 3.63) is 70.2 Å². The van der Waals surface area contributed by atoms with Gasteiger partial charge in [0, 0.05) is 12.1 Å². The standard InChI is InChI=1S/C18H15N3O/c1-12-4-3-5-14(8-12)9-16-17(11-22)21-13(2)15(10-19)6-7-18(21)20-16/h3-8,11H,9H2,1-2H3. The highest BCUT2D eigenvalue weighted by molar-refractivity contribution is 5.77. The molecule has 0 spiro atoms. The van der Waals surface area contributed by atoms with Gasteiger partial charge in [-0.15, -0.1) is 0 Å². The summed E-state index contributed by atoms with van der Waals surface area (Å²) in [4.78, 5) is 16.1. The van der Waals surface area contributed by atoms with Crippen molar-refractivity contribution in [1.82, 2.24) is 9.38 Å². The van der Waals surface area contributed by atoms with Gasteiger partial charge < -0.3 is 0 Å². The summed E-state index contributed by atoms with van der Waals surface area (Å²) in [5, 5.41) is 9.14. The highest BCUT2D eigenvalue weighted by Gasteiger charge is 2.15. The van der Waals surface area contributed by atoms with E-state index < -0.39 is 0 Å². The van der Waals surface area contributed by atoms with Gasteiger partial charge in [0.1, 0.15) is 17.4 Å². The summed E-state index contributed by atoms with van der Waals surface area (Å²) in [5.74, 6) is 0. The molecule has 0 bridgehead atoms. The van der Waals surface area contributed by atoms with Gasteiger partial charge in [-0.1, -0.05) is 29.8 Å². The van der Waals surface area contributed by atoms with Crippen LogP contribution in [0.3, 0.4) is 0 Å². The number of nitriles is 1. The minimum atomic E-state index is 0.520. The number of hydrogen-bond acceptors (Lipinski definition) is 3. The van der Waals surface area contributed by atoms with E-state index in [0.29, 0.717) is 23.3 Å². The van der Waals surface area contributed by atoms with Crippen LogP contribution in [-0.2, 0) is 6.42 Å². The number of aromatic nitrogens is 2. The fraction of sp³-hybridized carbons (Fsp3) is 0.167. The Labute approximate surface area is 128 Å². The van der Waals surface area contributed by atoms with E-state index in [1.54, 1.807) is 16.5 Å². The van der Waals surface area contributed by atoms with Crippen LogP contribution in [0.4, 0.5) is 0 Å². The molecule has 2 aromatic heterocycles. The Morgan fingerprint density at radius 2 is 2.09 bits per heavy atom. The van der Waals surface area contributed by atoms with Crippen LogP contribution in [0.25, 0.3) is 5.65 Å². The highest BCUT2D eigenvalue weighted by Crippen LogP contribution is 2.19. The summed E-state index contributed by atoms with van der Waals surface area (Å²) >= 11 is 0. The molecule has 4 heteroatoms. The van der Waals surface area contributed by atoms with Crippen molar-refractivity contribution >= 4 is 11.9 Å². The lowest BCUT2D eigenvalue weighted by atomic mass is 10.1. The van der Waals surface area contributed by atoms with Gasteiger partial charge >= 0.3 is 0 Å². The van der Waals surface area contributed by atoms with Crippen molar-refractivity contribution in [2.75, 3.05) is 0 Å². The van der Waals surface area contributed by atoms with Crippen LogP contribution in [0, 0.1) is 25.2 Å². The average molecular weight is 289 g/mol. The predicted molar refractivity (Wildman–Crippen MR) is 84.0 cm³/mol. The molecule has 22 heavy (non-hydrogen) atoms. The minimum Gasteiger partial charge on any atom is -0.296 e. The first-order chi connectivity index (χ1) is 10.6. The topological polar surface area (TPSA) is 58.2 Å². The van der Waals surface area contributed by atoms with Crippen molar-refractivity contribution in [2.45, 2.75) is 20.3 Å². The molecule has 0 atom stereocenters. The van der Waals surface area contributed by atoms with Gasteiger partial charge in [-0.25, -0.2) is 4.98 Å². The molecular formula is C18H15N3O. The Hall–Kier alpha value is -2.93. The lowest BCUT2D eigenvalue weighted by Crippen LogP contribution is -2.01. The van der Waals surface area contributed by atoms with Gasteiger partial charge in [0.15, 0.2) is 6.29 Å². The molecule has 0 fully saturated rings. The normalized spacial score (nSPS) is 10.6. The molecule has 4 nitrogen and oxygen atoms in total. The fourth-order valence-electron chi connectivity index (χ4n) is 2.75. The summed E-state index contributed by atoms with van der Waals surface area (Å²) in [6, 6.07) is 13.8. The van der Waals surface area contributed by atoms with Crippen LogP contribution in [0.5, 0.6) is 0 Å². The molecule has 0 amide bonds. The molecule has 0 aliphatic carbocycles. The largest absolute Gasteiger partial charge is 0.296 e. The minimum absolute atomic E-state index is 0.520. The number of fused-ring (bicyclic) bond motifs is 1. The first-order valence-electron chi connectivity index (χ1n) is 7.06. The van der Waals surface area contributed by atoms with Crippen molar-refractivity contribution in [1.29, 1.82) is 5.26 Å². The number of benzene rings is 1. The number of carbonyl (C=O) groups is 1. The second-order valence-corrected chi connectivity index (χ2v) is 5.37. The van der Waals surface area contributed by atoms with Crippen molar-refractivity contribution in [3.8, 4) is 6.07 Å². The third kappa shape index (κ3) is 2.27. The Bertz CT molecular complexity index is 916. The van der Waals surface area contributed by atoms with E-state index in [1.165, 1.54) is 5.56 Å². The number of rotatable bonds is 3. The number of imidazole rings is 1. The van der Waals surface area contributed by atoms with E-state index in [2.05, 4.69) is 17.1 Å². The molecule has 3 aromatic rings. The summed E-state index contributed by atoms with van der Waals surface area (Å²) in [6.07, 6.45) is 1.41. The van der Waals surface area contributed by atoms with E-state index in [9.17, 15) is 4.79 Å². The zero-order chi connectivity index (χ0) is 15.7. The first kappa shape index (κ1) is 14.0. The molecule has 0 aliphatic rings. The molecule has 0 N–H and O–H groups in total. The second kappa shape index (κ2) is 5.45. The third-order valence-electron chi connectivity index (χ3n) is 3.83. The molecule has 0 saturated heterocycles. The number of carbonyl (C=O) groups excluding carboxylic acids is 1. The maximum absolute atomic E-state index is 11.6. The zero-order valence-electron chi connectivity index (χ0n) is 12.5. The summed E-state index contributed by atoms with van der Waals surface area (Å²) < 4.78 is 1.76. The van der Waals surface area contributed by atoms with Gasteiger partial charge in [0.25, 0.3) is 0 Å². The van der Waals surface area contributed by atoms with Gasteiger partial charge in [-0.05, 0) is 31.5 Å². The summed E-state index contributed by atoms with van der Waals surface area (Å²) in [5.41, 5.74) is 5.54. The number of aryl methyl sites for hydroxylation is 2. The number of hydrogen-bond donors (Lipinski definition) is 0. The lowest BCUT2D eigenvalue weighted by Gasteiger charge is -2.04. The molecule has 1 aromatic carbocycles. The average Bonchev–Trinajstić information content (AvgIpc) is 2.85. The Kier molecular flexibility index (Phi) is 3.48. The molecule has 2 heterocycles. The molecule has 0 saturated carbocycles. The van der Waals surface area contributed by atoms with Crippen LogP contribution in [0.1, 0.15) is 38.6 Å². The zero-order valence-corrected chi connectivity index (χ0v) is 12.5. The van der Waals surface area contributed by atoms with Crippen LogP contribution in [0.15, 0.2) is 36.4 Å². The first-order valence-corrected chi connectivity index (χ1v) is 7.06. The molecule has 0 aliphatic heterocycles. The Morgan fingerprint density at radius 3 is 2.77 bits per heavy atom. The van der Waals surface area contributed by atoms with Crippen molar-refractivity contribution in [2.24, 2.45) is 0 Å². The molecule has 0 unspecified atom stereocenters. The number of pyridine rings is 1. The summed E-state index contributed by atoms with van der Waals surface area (Å²) in [6.45, 7) is 3.87. The predicted octanol–water partition coefficient (Wildman–Crippen LogP) is 3.23. The van der Waals surface area contributed by atoms with E-state index in [0.717, 1.165) is 23.2 Å². The van der Waals surface area contributed by atoms with Gasteiger partial charge in [0.2, 0.25) is 0 Å². The number of aldehydes is 1. The number of nitrogens with zero attached hydrogens (tertiary/aromatic N) is 3. The Morgan fingerprint density at radius 1 is 1.27 bits per heavy atom. The van der Waals surface area contributed by atoms with Crippen LogP contribution < -0.4 is 0 Å². The van der Waals surface area contributed by atoms with Crippen molar-refractivity contribution < 1.29 is 4.79 Å². The highest BCUT2D eigenvalue weighted by atomic mass is 16.1. The molecular weight excluding hydrogens is 274 g/mol. The molecule has 3 rings (SSSR count). The van der Waals surface area contributed by atoms with Gasteiger partial charge in [-0.2, -0.15) is 5.26 Å². The van der Waals surface area contributed by atoms with Crippen LogP contribution in [-0.4, -0.2) is 15.7 Å². The maximum atomic E-state index is 11.6. The molecule has 0 radical (unpaired) electrons. The van der Waals surface area contributed by atoms with Crippen molar-refractivity contribution in [3.63, 3.8) is 0 Å². The maximum Gasteiger partial charge on any atom is 0.168 e. The second-order valence-electron chi connectivity index (χ2n) is 5.37. The van der Waals surface area contributed by atoms with E-state index in [-0.39, 0.29) is 0 Å². The SMILES string of the molecule is Cc1cccc(Cc2nc3ccc(C#N)c(C)n3c2C=O)c1. The monoisotopic (exact) mass is 289 g/mol. The molecule has 108 valence electrons. The van der Waals surface area contributed by atoms with Gasteiger partial charge in [-0.3, -0.25) is 9.20 Å². The van der Waals surface area contributed by atoms with Crippen LogP contribution >= 0.6 is 0 Å². The van der Waals surface area contributed by atoms with E-state index in [4.69, 9.17) is 5.26 Å². The quantitative estimate of drug-likeness (QED) is 0.695. The van der Waals surface area contributed by atoms with Crippen LogP contribution in [0.2, 0.25) is 0 Å². The third-order valence-corrected chi connectivity index (χ3v) is 3.83. The smallest absolute Gasteiger partial charge is 0.168 e.